The second kappa shape index (κ2) is 8.10. The SMILES string of the molecule is O=C(CSCc1nc2ccccc2s1)NCC1COc2ccccc2C1. The van der Waals surface area contributed by atoms with Gasteiger partial charge in [0.05, 0.1) is 22.6 Å². The number of carbonyl (C=O) groups is 1. The predicted octanol–water partition coefficient (Wildman–Crippen LogP) is 3.90. The maximum atomic E-state index is 12.1. The van der Waals surface area contributed by atoms with Crippen molar-refractivity contribution in [2.75, 3.05) is 18.9 Å². The molecule has 0 fully saturated rings. The molecule has 2 heterocycles. The average molecular weight is 385 g/mol. The quantitative estimate of drug-likeness (QED) is 0.700. The summed E-state index contributed by atoms with van der Waals surface area (Å²) in [5, 5.41) is 4.11. The van der Waals surface area contributed by atoms with E-state index in [2.05, 4.69) is 22.4 Å². The smallest absolute Gasteiger partial charge is 0.230 e. The lowest BCUT2D eigenvalue weighted by Gasteiger charge is -2.25. The summed E-state index contributed by atoms with van der Waals surface area (Å²) in [7, 11) is 0. The molecule has 26 heavy (non-hydrogen) atoms. The minimum Gasteiger partial charge on any atom is -0.493 e. The van der Waals surface area contributed by atoms with Gasteiger partial charge in [0.2, 0.25) is 5.91 Å². The predicted molar refractivity (Wildman–Crippen MR) is 108 cm³/mol. The summed E-state index contributed by atoms with van der Waals surface area (Å²) in [6, 6.07) is 16.2. The first-order chi connectivity index (χ1) is 12.8. The van der Waals surface area contributed by atoms with Crippen LogP contribution in [0.5, 0.6) is 5.75 Å². The number of para-hydroxylation sites is 2. The third kappa shape index (κ3) is 4.19. The van der Waals surface area contributed by atoms with E-state index in [9.17, 15) is 4.79 Å². The number of fused-ring (bicyclic) bond motifs is 2. The van der Waals surface area contributed by atoms with Gasteiger partial charge in [-0.2, -0.15) is 0 Å². The number of nitrogens with zero attached hydrogens (tertiary/aromatic N) is 1. The molecule has 134 valence electrons. The summed E-state index contributed by atoms with van der Waals surface area (Å²) in [5.41, 5.74) is 2.26. The average Bonchev–Trinajstić information content (AvgIpc) is 3.09. The fourth-order valence-electron chi connectivity index (χ4n) is 3.04. The van der Waals surface area contributed by atoms with E-state index in [1.165, 1.54) is 10.3 Å². The fourth-order valence-corrected chi connectivity index (χ4v) is 4.92. The van der Waals surface area contributed by atoms with Crippen molar-refractivity contribution in [1.82, 2.24) is 10.3 Å². The Bertz CT molecular complexity index is 876. The van der Waals surface area contributed by atoms with Gasteiger partial charge in [-0.3, -0.25) is 4.79 Å². The van der Waals surface area contributed by atoms with Crippen LogP contribution in [0.25, 0.3) is 10.2 Å². The molecule has 2 aromatic carbocycles. The number of hydrogen-bond acceptors (Lipinski definition) is 5. The first-order valence-corrected chi connectivity index (χ1v) is 10.6. The number of rotatable bonds is 6. The molecule has 0 bridgehead atoms. The maximum Gasteiger partial charge on any atom is 0.230 e. The lowest BCUT2D eigenvalue weighted by molar-refractivity contribution is -0.118. The molecule has 1 aliphatic rings. The molecule has 0 saturated heterocycles. The van der Waals surface area contributed by atoms with Crippen LogP contribution in [0, 0.1) is 5.92 Å². The summed E-state index contributed by atoms with van der Waals surface area (Å²) in [6.45, 7) is 1.32. The molecule has 1 N–H and O–H groups in total. The third-order valence-corrected chi connectivity index (χ3v) is 6.50. The van der Waals surface area contributed by atoms with Crippen molar-refractivity contribution in [3.8, 4) is 5.75 Å². The molecule has 6 heteroatoms. The van der Waals surface area contributed by atoms with E-state index in [0.29, 0.717) is 24.8 Å². The molecule has 1 aliphatic heterocycles. The van der Waals surface area contributed by atoms with E-state index in [1.54, 1.807) is 23.1 Å². The zero-order valence-corrected chi connectivity index (χ0v) is 15.9. The lowest BCUT2D eigenvalue weighted by Crippen LogP contribution is -2.35. The van der Waals surface area contributed by atoms with Gasteiger partial charge in [0.1, 0.15) is 10.8 Å². The van der Waals surface area contributed by atoms with E-state index >= 15 is 0 Å². The topological polar surface area (TPSA) is 51.2 Å². The zero-order chi connectivity index (χ0) is 17.8. The molecule has 4 rings (SSSR count). The number of nitrogens with one attached hydrogen (secondary N) is 1. The summed E-state index contributed by atoms with van der Waals surface area (Å²) in [6.07, 6.45) is 0.954. The van der Waals surface area contributed by atoms with Gasteiger partial charge in [0, 0.05) is 18.2 Å². The highest BCUT2D eigenvalue weighted by Gasteiger charge is 2.19. The number of thioether (sulfide) groups is 1. The molecule has 0 radical (unpaired) electrons. The van der Waals surface area contributed by atoms with Gasteiger partial charge < -0.3 is 10.1 Å². The summed E-state index contributed by atoms with van der Waals surface area (Å²) < 4.78 is 6.97. The van der Waals surface area contributed by atoms with Crippen molar-refractivity contribution in [2.45, 2.75) is 12.2 Å². The molecule has 0 aliphatic carbocycles. The van der Waals surface area contributed by atoms with Crippen molar-refractivity contribution in [3.05, 3.63) is 59.1 Å². The lowest BCUT2D eigenvalue weighted by atomic mass is 9.97. The highest BCUT2D eigenvalue weighted by molar-refractivity contribution is 7.99. The number of ether oxygens (including phenoxy) is 1. The monoisotopic (exact) mass is 384 g/mol. The van der Waals surface area contributed by atoms with Crippen LogP contribution in [0.4, 0.5) is 0 Å². The first kappa shape index (κ1) is 17.4. The Balaban J connectivity index is 1.20. The molecule has 4 nitrogen and oxygen atoms in total. The van der Waals surface area contributed by atoms with Crippen LogP contribution in [-0.4, -0.2) is 29.8 Å². The van der Waals surface area contributed by atoms with Gasteiger partial charge in [-0.1, -0.05) is 30.3 Å². The molecule has 1 aromatic heterocycles. The van der Waals surface area contributed by atoms with Gasteiger partial charge in [-0.05, 0) is 30.2 Å². The number of hydrogen-bond donors (Lipinski definition) is 1. The number of aromatic nitrogens is 1. The maximum absolute atomic E-state index is 12.1. The van der Waals surface area contributed by atoms with Crippen LogP contribution in [0.1, 0.15) is 10.6 Å². The number of carbonyl (C=O) groups excluding carboxylic acids is 1. The van der Waals surface area contributed by atoms with Crippen LogP contribution < -0.4 is 10.1 Å². The molecular weight excluding hydrogens is 364 g/mol. The number of amides is 1. The highest BCUT2D eigenvalue weighted by atomic mass is 32.2. The van der Waals surface area contributed by atoms with Gasteiger partial charge >= 0.3 is 0 Å². The van der Waals surface area contributed by atoms with E-state index in [0.717, 1.165) is 28.4 Å². The summed E-state index contributed by atoms with van der Waals surface area (Å²) in [5.74, 6) is 2.62. The normalized spacial score (nSPS) is 16.1. The van der Waals surface area contributed by atoms with Gasteiger partial charge in [0.25, 0.3) is 0 Å². The third-order valence-electron chi connectivity index (χ3n) is 4.34. The van der Waals surface area contributed by atoms with Crippen molar-refractivity contribution in [2.24, 2.45) is 5.92 Å². The highest BCUT2D eigenvalue weighted by Crippen LogP contribution is 2.27. The molecule has 1 atom stereocenters. The Morgan fingerprint density at radius 1 is 1.23 bits per heavy atom. The second-order valence-corrected chi connectivity index (χ2v) is 8.46. The van der Waals surface area contributed by atoms with Gasteiger partial charge in [0.15, 0.2) is 0 Å². The van der Waals surface area contributed by atoms with Crippen LogP contribution in [0.15, 0.2) is 48.5 Å². The summed E-state index contributed by atoms with van der Waals surface area (Å²) in [4.78, 5) is 16.7. The minimum atomic E-state index is 0.0787. The number of benzene rings is 2. The Morgan fingerprint density at radius 3 is 3.00 bits per heavy atom. The first-order valence-electron chi connectivity index (χ1n) is 8.67. The molecule has 1 unspecified atom stereocenters. The van der Waals surface area contributed by atoms with E-state index in [1.807, 2.05) is 36.4 Å². The molecule has 1 amide bonds. The molecule has 0 saturated carbocycles. The van der Waals surface area contributed by atoms with Gasteiger partial charge in [-0.15, -0.1) is 23.1 Å². The van der Waals surface area contributed by atoms with Gasteiger partial charge in [-0.25, -0.2) is 4.98 Å². The molecular formula is C20H20N2O2S2. The summed E-state index contributed by atoms with van der Waals surface area (Å²) >= 11 is 3.31. The molecule has 3 aromatic rings. The number of thiazole rings is 1. The Labute approximate surface area is 161 Å². The van der Waals surface area contributed by atoms with Crippen LogP contribution >= 0.6 is 23.1 Å². The van der Waals surface area contributed by atoms with Crippen molar-refractivity contribution < 1.29 is 9.53 Å². The zero-order valence-electron chi connectivity index (χ0n) is 14.3. The van der Waals surface area contributed by atoms with Crippen molar-refractivity contribution in [3.63, 3.8) is 0 Å². The largest absolute Gasteiger partial charge is 0.493 e. The van der Waals surface area contributed by atoms with E-state index < -0.39 is 0 Å². The minimum absolute atomic E-state index is 0.0787. The molecule has 0 spiro atoms. The van der Waals surface area contributed by atoms with Crippen LogP contribution in [0.3, 0.4) is 0 Å². The standard InChI is InChI=1S/C20H20N2O2S2/c23-19(12-25-13-20-22-16-6-2-4-8-18(16)26-20)21-10-14-9-15-5-1-3-7-17(15)24-11-14/h1-8,14H,9-13H2,(H,21,23). The van der Waals surface area contributed by atoms with Crippen LogP contribution in [-0.2, 0) is 17.0 Å². The van der Waals surface area contributed by atoms with E-state index in [4.69, 9.17) is 4.74 Å². The van der Waals surface area contributed by atoms with Crippen molar-refractivity contribution >= 4 is 39.2 Å². The van der Waals surface area contributed by atoms with Crippen LogP contribution in [0.2, 0.25) is 0 Å². The Kier molecular flexibility index (Phi) is 5.41. The Morgan fingerprint density at radius 2 is 2.08 bits per heavy atom. The second-order valence-electron chi connectivity index (χ2n) is 6.36. The fraction of sp³-hybridized carbons (Fsp3) is 0.300. The van der Waals surface area contributed by atoms with E-state index in [-0.39, 0.29) is 5.91 Å². The van der Waals surface area contributed by atoms with Crippen molar-refractivity contribution in [1.29, 1.82) is 0 Å². The Hall–Kier alpha value is -2.05.